The highest BCUT2D eigenvalue weighted by Gasteiger charge is 2.29. The van der Waals surface area contributed by atoms with Gasteiger partial charge in [0.2, 0.25) is 0 Å². The maximum Gasteiger partial charge on any atom is 0.0910 e. The zero-order chi connectivity index (χ0) is 14.4. The molecule has 0 aromatic heterocycles. The Hall–Kier alpha value is -2.17. The summed E-state index contributed by atoms with van der Waals surface area (Å²) >= 11 is 3.55. The number of anilines is 2. The third-order valence-electron chi connectivity index (χ3n) is 4.01. The largest absolute Gasteiger partial charge is 0.349 e. The van der Waals surface area contributed by atoms with E-state index in [1.54, 1.807) is 0 Å². The lowest BCUT2D eigenvalue weighted by Gasteiger charge is -2.44. The van der Waals surface area contributed by atoms with Crippen LogP contribution in [0.1, 0.15) is 11.1 Å². The first-order chi connectivity index (χ1) is 10.2. The van der Waals surface area contributed by atoms with Crippen molar-refractivity contribution in [3.05, 3.63) is 62.4 Å². The second-order valence-electron chi connectivity index (χ2n) is 5.31. The molecule has 4 rings (SSSR count). The second kappa shape index (κ2) is 4.69. The van der Waals surface area contributed by atoms with Crippen LogP contribution in [-0.4, -0.2) is 6.67 Å². The average molecular weight is 342 g/mol. The van der Waals surface area contributed by atoms with E-state index in [1.807, 2.05) is 12.1 Å². The normalized spacial score (nSPS) is 15.1. The molecule has 0 spiro atoms. The van der Waals surface area contributed by atoms with Crippen LogP contribution in [0.3, 0.4) is 0 Å². The molecule has 2 bridgehead atoms. The molecule has 0 atom stereocenters. The molecule has 0 amide bonds. The first kappa shape index (κ1) is 12.6. The number of nitrogens with zero attached hydrogens (tertiary/aromatic N) is 5. The summed E-state index contributed by atoms with van der Waals surface area (Å²) in [7, 11) is 0. The van der Waals surface area contributed by atoms with Crippen LogP contribution in [-0.2, 0) is 13.1 Å². The summed E-state index contributed by atoms with van der Waals surface area (Å²) < 4.78 is 1.11. The highest BCUT2D eigenvalue weighted by Crippen LogP contribution is 2.39. The molecule has 0 aliphatic carbocycles. The van der Waals surface area contributed by atoms with Gasteiger partial charge in [-0.2, -0.15) is 0 Å². The highest BCUT2D eigenvalue weighted by molar-refractivity contribution is 9.10. The van der Waals surface area contributed by atoms with Crippen molar-refractivity contribution in [1.29, 1.82) is 0 Å². The molecule has 6 heteroatoms. The van der Waals surface area contributed by atoms with Gasteiger partial charge in [-0.1, -0.05) is 27.1 Å². The smallest absolute Gasteiger partial charge is 0.0910 e. The Morgan fingerprint density at radius 2 is 1.67 bits per heavy atom. The van der Waals surface area contributed by atoms with Crippen molar-refractivity contribution >= 4 is 33.0 Å². The maximum atomic E-state index is 8.57. The molecule has 2 aromatic carbocycles. The van der Waals surface area contributed by atoms with Crippen LogP contribution in [0.25, 0.3) is 10.4 Å². The van der Waals surface area contributed by atoms with Crippen LogP contribution in [0.5, 0.6) is 0 Å². The van der Waals surface area contributed by atoms with Gasteiger partial charge >= 0.3 is 0 Å². The molecule has 0 radical (unpaired) electrons. The number of hydrogen-bond acceptors (Lipinski definition) is 3. The first-order valence-corrected chi connectivity index (χ1v) is 7.50. The summed E-state index contributed by atoms with van der Waals surface area (Å²) in [6, 6.07) is 12.4. The summed E-state index contributed by atoms with van der Waals surface area (Å²) in [4.78, 5) is 7.57. The predicted molar refractivity (Wildman–Crippen MR) is 86.6 cm³/mol. The van der Waals surface area contributed by atoms with Gasteiger partial charge in [-0.25, -0.2) is 0 Å². The van der Waals surface area contributed by atoms with E-state index in [4.69, 9.17) is 5.53 Å². The third kappa shape index (κ3) is 2.04. The van der Waals surface area contributed by atoms with Crippen LogP contribution < -0.4 is 9.80 Å². The molecule has 2 heterocycles. The molecular formula is C15H12BrN5. The Morgan fingerprint density at radius 3 is 2.38 bits per heavy atom. The van der Waals surface area contributed by atoms with Gasteiger partial charge in [-0.3, -0.25) is 0 Å². The number of rotatable bonds is 1. The van der Waals surface area contributed by atoms with E-state index in [0.29, 0.717) is 5.69 Å². The Kier molecular flexibility index (Phi) is 2.80. The van der Waals surface area contributed by atoms with Crippen LogP contribution in [0, 0.1) is 0 Å². The first-order valence-electron chi connectivity index (χ1n) is 6.71. The third-order valence-corrected chi connectivity index (χ3v) is 4.50. The van der Waals surface area contributed by atoms with E-state index in [1.165, 1.54) is 22.5 Å². The summed E-state index contributed by atoms with van der Waals surface area (Å²) in [6.07, 6.45) is 0. The Balaban J connectivity index is 1.79. The number of halogens is 1. The molecule has 0 unspecified atom stereocenters. The summed E-state index contributed by atoms with van der Waals surface area (Å²) in [5.41, 5.74) is 14.3. The van der Waals surface area contributed by atoms with E-state index in [2.05, 4.69) is 60.0 Å². The van der Waals surface area contributed by atoms with E-state index < -0.39 is 0 Å². The van der Waals surface area contributed by atoms with Gasteiger partial charge in [0, 0.05) is 39.5 Å². The molecule has 0 saturated carbocycles. The molecule has 21 heavy (non-hydrogen) atoms. The average Bonchev–Trinajstić information content (AvgIpc) is 2.47. The standard InChI is InChI=1S/C15H12BrN5/c16-12-1-3-14-10(5-12)7-20-9-21(14)8-11-6-13(18-19-17)2-4-15(11)20/h1-6H,7-9H2. The lowest BCUT2D eigenvalue weighted by molar-refractivity contribution is 0.651. The van der Waals surface area contributed by atoms with Crippen molar-refractivity contribution < 1.29 is 0 Å². The number of azide groups is 1. The molecule has 0 saturated heterocycles. The number of benzene rings is 2. The van der Waals surface area contributed by atoms with Gasteiger partial charge < -0.3 is 9.80 Å². The van der Waals surface area contributed by atoms with Crippen LogP contribution in [0.15, 0.2) is 46.0 Å². The molecule has 2 aliphatic heterocycles. The quantitative estimate of drug-likeness (QED) is 0.429. The van der Waals surface area contributed by atoms with Gasteiger partial charge in [0.15, 0.2) is 0 Å². The predicted octanol–water partition coefficient (Wildman–Crippen LogP) is 4.69. The molecule has 2 aromatic rings. The van der Waals surface area contributed by atoms with E-state index >= 15 is 0 Å². The van der Waals surface area contributed by atoms with E-state index in [9.17, 15) is 0 Å². The Morgan fingerprint density at radius 1 is 1.00 bits per heavy atom. The number of fused-ring (bicyclic) bond motifs is 6. The Bertz CT molecular complexity index is 782. The highest BCUT2D eigenvalue weighted by atomic mass is 79.9. The minimum absolute atomic E-state index is 0.676. The molecule has 5 nitrogen and oxygen atoms in total. The summed E-state index contributed by atoms with van der Waals surface area (Å²) in [6.45, 7) is 2.65. The fourth-order valence-electron chi connectivity index (χ4n) is 3.15. The fraction of sp³-hybridized carbons (Fsp3) is 0.200. The zero-order valence-electron chi connectivity index (χ0n) is 11.2. The lowest BCUT2D eigenvalue weighted by atomic mass is 10.0. The SMILES string of the molecule is [N-]=[N+]=Nc1ccc2c(c1)CN1CN2Cc2cc(Br)ccc21. The molecule has 0 fully saturated rings. The zero-order valence-corrected chi connectivity index (χ0v) is 12.8. The van der Waals surface area contributed by atoms with Crippen LogP contribution in [0.4, 0.5) is 17.1 Å². The molecule has 104 valence electrons. The van der Waals surface area contributed by atoms with Crippen molar-refractivity contribution in [3.8, 4) is 0 Å². The van der Waals surface area contributed by atoms with Crippen molar-refractivity contribution in [2.45, 2.75) is 13.1 Å². The lowest BCUT2D eigenvalue weighted by Crippen LogP contribution is -2.46. The van der Waals surface area contributed by atoms with Crippen molar-refractivity contribution in [2.75, 3.05) is 16.5 Å². The number of hydrogen-bond donors (Lipinski definition) is 0. The summed E-state index contributed by atoms with van der Waals surface area (Å²) in [5, 5.41) is 3.70. The second-order valence-corrected chi connectivity index (χ2v) is 6.23. The van der Waals surface area contributed by atoms with Crippen LogP contribution >= 0.6 is 15.9 Å². The molecule has 2 aliphatic rings. The van der Waals surface area contributed by atoms with E-state index in [0.717, 1.165) is 24.2 Å². The minimum atomic E-state index is 0.676. The summed E-state index contributed by atoms with van der Waals surface area (Å²) in [5.74, 6) is 0. The van der Waals surface area contributed by atoms with Gasteiger partial charge in [-0.15, -0.1) is 0 Å². The fourth-order valence-corrected chi connectivity index (χ4v) is 3.56. The van der Waals surface area contributed by atoms with Gasteiger partial charge in [0.25, 0.3) is 0 Å². The maximum absolute atomic E-state index is 8.57. The minimum Gasteiger partial charge on any atom is -0.349 e. The van der Waals surface area contributed by atoms with E-state index in [-0.39, 0.29) is 0 Å². The topological polar surface area (TPSA) is 55.2 Å². The van der Waals surface area contributed by atoms with Gasteiger partial charge in [0.05, 0.1) is 6.67 Å². The molecule has 0 N–H and O–H groups in total. The van der Waals surface area contributed by atoms with Gasteiger partial charge in [-0.05, 0) is 47.0 Å². The van der Waals surface area contributed by atoms with Crippen molar-refractivity contribution in [3.63, 3.8) is 0 Å². The van der Waals surface area contributed by atoms with Crippen molar-refractivity contribution in [1.82, 2.24) is 0 Å². The van der Waals surface area contributed by atoms with Crippen molar-refractivity contribution in [2.24, 2.45) is 5.11 Å². The molecular weight excluding hydrogens is 330 g/mol. The Labute approximate surface area is 130 Å². The van der Waals surface area contributed by atoms with Crippen LogP contribution in [0.2, 0.25) is 0 Å². The monoisotopic (exact) mass is 341 g/mol. The van der Waals surface area contributed by atoms with Gasteiger partial charge in [0.1, 0.15) is 0 Å².